The van der Waals surface area contributed by atoms with Gasteiger partial charge in [0.15, 0.2) is 0 Å². The lowest BCUT2D eigenvalue weighted by Gasteiger charge is -2.05. The van der Waals surface area contributed by atoms with Crippen molar-refractivity contribution in [2.24, 2.45) is 7.05 Å². The molecule has 0 atom stereocenters. The van der Waals surface area contributed by atoms with Crippen molar-refractivity contribution >= 4 is 16.8 Å². The van der Waals surface area contributed by atoms with E-state index in [1.165, 1.54) is 0 Å². The highest BCUT2D eigenvalue weighted by atomic mass is 16.5. The minimum atomic E-state index is -0.0404. The van der Waals surface area contributed by atoms with E-state index in [0.717, 1.165) is 22.2 Å². The molecular weight excluding hydrogens is 228 g/mol. The van der Waals surface area contributed by atoms with Crippen molar-refractivity contribution in [1.29, 1.82) is 0 Å². The van der Waals surface area contributed by atoms with Gasteiger partial charge in [-0.25, -0.2) is 0 Å². The van der Waals surface area contributed by atoms with Crippen molar-refractivity contribution in [2.45, 2.75) is 6.92 Å². The summed E-state index contributed by atoms with van der Waals surface area (Å²) in [6.45, 7) is 3.01. The summed E-state index contributed by atoms with van der Waals surface area (Å²) in [5.41, 5.74) is 2.81. The van der Waals surface area contributed by atoms with Crippen LogP contribution in [-0.2, 0) is 11.8 Å². The van der Waals surface area contributed by atoms with Crippen LogP contribution in [0.4, 0.5) is 0 Å². The van der Waals surface area contributed by atoms with Crippen molar-refractivity contribution < 1.29 is 9.53 Å². The van der Waals surface area contributed by atoms with E-state index in [1.54, 1.807) is 7.11 Å². The number of aryl methyl sites for hydroxylation is 1. The molecule has 4 nitrogen and oxygen atoms in total. The Morgan fingerprint density at radius 3 is 2.83 bits per heavy atom. The number of carbonyl (C=O) groups is 1. The van der Waals surface area contributed by atoms with Gasteiger partial charge < -0.3 is 14.6 Å². The number of benzene rings is 1. The number of rotatable bonds is 4. The summed E-state index contributed by atoms with van der Waals surface area (Å²) in [6, 6.07) is 7.93. The number of carbonyl (C=O) groups excluding carboxylic acids is 1. The Kier molecular flexibility index (Phi) is 3.67. The summed E-state index contributed by atoms with van der Waals surface area (Å²) < 4.78 is 6.97. The summed E-state index contributed by atoms with van der Waals surface area (Å²) in [5, 5.41) is 3.86. The summed E-state index contributed by atoms with van der Waals surface area (Å²) in [6.07, 6.45) is 0. The average molecular weight is 246 g/mol. The van der Waals surface area contributed by atoms with Gasteiger partial charge in [0, 0.05) is 37.3 Å². The first-order chi connectivity index (χ1) is 8.66. The molecule has 1 amide bonds. The zero-order valence-corrected chi connectivity index (χ0v) is 11.0. The molecule has 0 aliphatic carbocycles. The second-order valence-electron chi connectivity index (χ2n) is 4.29. The van der Waals surface area contributed by atoms with Gasteiger partial charge in [0.2, 0.25) is 0 Å². The summed E-state index contributed by atoms with van der Waals surface area (Å²) in [5.74, 6) is -0.0404. The van der Waals surface area contributed by atoms with Crippen molar-refractivity contribution in [1.82, 2.24) is 9.88 Å². The van der Waals surface area contributed by atoms with E-state index in [0.29, 0.717) is 13.2 Å². The van der Waals surface area contributed by atoms with E-state index in [-0.39, 0.29) is 5.91 Å². The van der Waals surface area contributed by atoms with E-state index < -0.39 is 0 Å². The third kappa shape index (κ3) is 2.11. The molecule has 96 valence electrons. The highest BCUT2D eigenvalue weighted by molar-refractivity contribution is 6.08. The molecule has 0 spiro atoms. The number of para-hydroxylation sites is 1. The van der Waals surface area contributed by atoms with Gasteiger partial charge in [-0.05, 0) is 13.0 Å². The molecule has 0 bridgehead atoms. The summed E-state index contributed by atoms with van der Waals surface area (Å²) in [7, 11) is 3.60. The Morgan fingerprint density at radius 1 is 1.39 bits per heavy atom. The molecule has 1 N–H and O–H groups in total. The Hall–Kier alpha value is -1.81. The summed E-state index contributed by atoms with van der Waals surface area (Å²) in [4.78, 5) is 12.2. The number of methoxy groups -OCH3 is 1. The molecule has 1 heterocycles. The maximum absolute atomic E-state index is 12.2. The van der Waals surface area contributed by atoms with Crippen molar-refractivity contribution in [3.05, 3.63) is 35.5 Å². The van der Waals surface area contributed by atoms with Gasteiger partial charge in [-0.3, -0.25) is 4.79 Å². The molecule has 0 unspecified atom stereocenters. The van der Waals surface area contributed by atoms with E-state index in [4.69, 9.17) is 4.74 Å². The fourth-order valence-electron chi connectivity index (χ4n) is 2.16. The Morgan fingerprint density at radius 2 is 2.11 bits per heavy atom. The minimum absolute atomic E-state index is 0.0404. The van der Waals surface area contributed by atoms with Gasteiger partial charge in [-0.1, -0.05) is 18.2 Å². The Bertz CT molecular complexity index is 572. The van der Waals surface area contributed by atoms with Crippen molar-refractivity contribution in [2.75, 3.05) is 20.3 Å². The Balaban J connectivity index is 2.38. The van der Waals surface area contributed by atoms with Crippen LogP contribution in [0.2, 0.25) is 0 Å². The van der Waals surface area contributed by atoms with Crippen LogP contribution < -0.4 is 5.32 Å². The number of hydrogen-bond acceptors (Lipinski definition) is 2. The van der Waals surface area contributed by atoms with Gasteiger partial charge in [0.1, 0.15) is 0 Å². The normalized spacial score (nSPS) is 10.8. The fourth-order valence-corrected chi connectivity index (χ4v) is 2.16. The van der Waals surface area contributed by atoms with E-state index >= 15 is 0 Å². The maximum atomic E-state index is 12.2. The number of fused-ring (bicyclic) bond motifs is 1. The smallest absolute Gasteiger partial charge is 0.253 e. The average Bonchev–Trinajstić information content (AvgIpc) is 2.63. The SMILES string of the molecule is COCCNC(=O)c1c(C)n(C)c2ccccc12. The largest absolute Gasteiger partial charge is 0.383 e. The molecule has 0 fully saturated rings. The number of ether oxygens (including phenoxy) is 1. The highest BCUT2D eigenvalue weighted by Gasteiger charge is 2.17. The number of amides is 1. The minimum Gasteiger partial charge on any atom is -0.383 e. The number of hydrogen-bond donors (Lipinski definition) is 1. The summed E-state index contributed by atoms with van der Waals surface area (Å²) >= 11 is 0. The highest BCUT2D eigenvalue weighted by Crippen LogP contribution is 2.24. The van der Waals surface area contributed by atoms with Gasteiger partial charge in [0.05, 0.1) is 12.2 Å². The zero-order chi connectivity index (χ0) is 13.1. The quantitative estimate of drug-likeness (QED) is 0.837. The lowest BCUT2D eigenvalue weighted by atomic mass is 10.1. The monoisotopic (exact) mass is 246 g/mol. The molecule has 0 aliphatic rings. The number of nitrogens with one attached hydrogen (secondary N) is 1. The number of aromatic nitrogens is 1. The van der Waals surface area contributed by atoms with Crippen LogP contribution in [0, 0.1) is 6.92 Å². The third-order valence-corrected chi connectivity index (χ3v) is 3.22. The lowest BCUT2D eigenvalue weighted by Crippen LogP contribution is -2.27. The van der Waals surface area contributed by atoms with Crippen LogP contribution >= 0.6 is 0 Å². The first kappa shape index (κ1) is 12.6. The van der Waals surface area contributed by atoms with E-state index in [9.17, 15) is 4.79 Å². The predicted molar refractivity (Wildman–Crippen MR) is 71.9 cm³/mol. The molecule has 0 radical (unpaired) electrons. The lowest BCUT2D eigenvalue weighted by molar-refractivity contribution is 0.0938. The molecule has 0 aliphatic heterocycles. The zero-order valence-electron chi connectivity index (χ0n) is 11.0. The molecule has 1 aromatic carbocycles. The predicted octanol–water partition coefficient (Wildman–Crippen LogP) is 1.86. The van der Waals surface area contributed by atoms with Crippen molar-refractivity contribution in [3.63, 3.8) is 0 Å². The molecule has 18 heavy (non-hydrogen) atoms. The van der Waals surface area contributed by atoms with Crippen molar-refractivity contribution in [3.8, 4) is 0 Å². The molecular formula is C14H18N2O2. The van der Waals surface area contributed by atoms with Crippen LogP contribution in [0.5, 0.6) is 0 Å². The first-order valence-corrected chi connectivity index (χ1v) is 5.98. The molecule has 4 heteroatoms. The number of nitrogens with zero attached hydrogens (tertiary/aromatic N) is 1. The van der Waals surface area contributed by atoms with E-state index in [1.807, 2.05) is 42.8 Å². The standard InChI is InChI=1S/C14H18N2O2/c1-10-13(14(17)15-8-9-18-3)11-6-4-5-7-12(11)16(10)2/h4-7H,8-9H2,1-3H3,(H,15,17). The topological polar surface area (TPSA) is 43.3 Å². The molecule has 2 rings (SSSR count). The second-order valence-corrected chi connectivity index (χ2v) is 4.29. The van der Waals surface area contributed by atoms with Gasteiger partial charge in [-0.2, -0.15) is 0 Å². The molecule has 2 aromatic rings. The fraction of sp³-hybridized carbons (Fsp3) is 0.357. The molecule has 1 aromatic heterocycles. The first-order valence-electron chi connectivity index (χ1n) is 5.98. The van der Waals surface area contributed by atoms with Crippen LogP contribution in [0.1, 0.15) is 16.1 Å². The Labute approximate surface area is 107 Å². The van der Waals surface area contributed by atoms with E-state index in [2.05, 4.69) is 5.32 Å². The van der Waals surface area contributed by atoms with Gasteiger partial charge in [0.25, 0.3) is 5.91 Å². The van der Waals surface area contributed by atoms with Crippen LogP contribution in [-0.4, -0.2) is 30.7 Å². The van der Waals surface area contributed by atoms with Crippen LogP contribution in [0.15, 0.2) is 24.3 Å². The van der Waals surface area contributed by atoms with Crippen LogP contribution in [0.3, 0.4) is 0 Å². The second kappa shape index (κ2) is 5.23. The van der Waals surface area contributed by atoms with Gasteiger partial charge >= 0.3 is 0 Å². The molecule has 0 saturated carbocycles. The maximum Gasteiger partial charge on any atom is 0.253 e. The molecule has 0 saturated heterocycles. The third-order valence-electron chi connectivity index (χ3n) is 3.22. The van der Waals surface area contributed by atoms with Crippen LogP contribution in [0.25, 0.3) is 10.9 Å². The van der Waals surface area contributed by atoms with Gasteiger partial charge in [-0.15, -0.1) is 0 Å².